The summed E-state index contributed by atoms with van der Waals surface area (Å²) < 4.78 is 38.9. The van der Waals surface area contributed by atoms with Crippen LogP contribution in [-0.4, -0.2) is 33.9 Å². The van der Waals surface area contributed by atoms with E-state index in [9.17, 15) is 18.0 Å². The molecule has 1 atom stereocenters. The molecule has 1 saturated carbocycles. The van der Waals surface area contributed by atoms with Crippen LogP contribution in [0.15, 0.2) is 55.4 Å². The first kappa shape index (κ1) is 21.4. The number of alkyl halides is 3. The SMILES string of the molecule is O=C(Nc1cncc(C(F)(F)F)c1)c1ccc(C2CC2)c(C2CCN(c3cncnc3)C2)c1. The van der Waals surface area contributed by atoms with Crippen LogP contribution in [0.25, 0.3) is 0 Å². The first-order valence-electron chi connectivity index (χ1n) is 10.9. The Morgan fingerprint density at radius 2 is 1.73 bits per heavy atom. The maximum absolute atomic E-state index is 13.0. The van der Waals surface area contributed by atoms with Gasteiger partial charge >= 0.3 is 6.18 Å². The van der Waals surface area contributed by atoms with Crippen LogP contribution in [0.5, 0.6) is 0 Å². The predicted octanol–water partition coefficient (Wildman–Crippen LogP) is 5.01. The van der Waals surface area contributed by atoms with Gasteiger partial charge in [-0.1, -0.05) is 6.07 Å². The first-order chi connectivity index (χ1) is 15.9. The Bertz CT molecular complexity index is 1160. The molecule has 3 heterocycles. The number of nitrogens with zero attached hydrogens (tertiary/aromatic N) is 4. The van der Waals surface area contributed by atoms with Crippen molar-refractivity contribution in [3.8, 4) is 0 Å². The Morgan fingerprint density at radius 3 is 2.45 bits per heavy atom. The number of halogens is 3. The molecule has 2 aromatic heterocycles. The van der Waals surface area contributed by atoms with E-state index in [0.29, 0.717) is 11.5 Å². The van der Waals surface area contributed by atoms with Crippen LogP contribution in [0.1, 0.15) is 58.1 Å². The Morgan fingerprint density at radius 1 is 0.939 bits per heavy atom. The smallest absolute Gasteiger partial charge is 0.368 e. The van der Waals surface area contributed by atoms with Crippen molar-refractivity contribution in [2.45, 2.75) is 37.3 Å². The Hall–Kier alpha value is -3.49. The molecular formula is C24H22F3N5O. The molecule has 1 N–H and O–H groups in total. The van der Waals surface area contributed by atoms with E-state index in [1.165, 1.54) is 18.1 Å². The van der Waals surface area contributed by atoms with Crippen LogP contribution in [-0.2, 0) is 6.18 Å². The van der Waals surface area contributed by atoms with Gasteiger partial charge in [-0.2, -0.15) is 13.2 Å². The monoisotopic (exact) mass is 453 g/mol. The highest BCUT2D eigenvalue weighted by atomic mass is 19.4. The van der Waals surface area contributed by atoms with Crippen LogP contribution < -0.4 is 10.2 Å². The highest BCUT2D eigenvalue weighted by Gasteiger charge is 2.33. The zero-order valence-electron chi connectivity index (χ0n) is 17.7. The van der Waals surface area contributed by atoms with E-state index >= 15 is 0 Å². The van der Waals surface area contributed by atoms with Gasteiger partial charge in [-0.05, 0) is 54.5 Å². The maximum Gasteiger partial charge on any atom is 0.417 e. The van der Waals surface area contributed by atoms with Gasteiger partial charge in [0, 0.05) is 30.8 Å². The third-order valence-electron chi connectivity index (χ3n) is 6.23. The molecule has 1 aromatic carbocycles. The molecule has 0 bridgehead atoms. The summed E-state index contributed by atoms with van der Waals surface area (Å²) in [6, 6.07) is 6.55. The van der Waals surface area contributed by atoms with Crippen molar-refractivity contribution in [3.63, 3.8) is 0 Å². The molecule has 0 spiro atoms. The van der Waals surface area contributed by atoms with Gasteiger partial charge in [-0.25, -0.2) is 9.97 Å². The van der Waals surface area contributed by atoms with E-state index in [1.807, 2.05) is 12.1 Å². The standard InChI is InChI=1S/C24H22F3N5O/c25-24(26,27)18-8-19(10-28-9-18)31-23(33)16-3-4-21(15-1-2-15)22(7-16)17-5-6-32(13-17)20-11-29-14-30-12-20/h3-4,7-12,14-15,17H,1-2,5-6,13H2,(H,31,33). The summed E-state index contributed by atoms with van der Waals surface area (Å²) in [7, 11) is 0. The van der Waals surface area contributed by atoms with Gasteiger partial charge in [0.15, 0.2) is 0 Å². The van der Waals surface area contributed by atoms with Gasteiger partial charge in [0.25, 0.3) is 5.91 Å². The predicted molar refractivity (Wildman–Crippen MR) is 117 cm³/mol. The van der Waals surface area contributed by atoms with Gasteiger partial charge in [-0.3, -0.25) is 9.78 Å². The summed E-state index contributed by atoms with van der Waals surface area (Å²) >= 11 is 0. The van der Waals surface area contributed by atoms with Gasteiger partial charge in [-0.15, -0.1) is 0 Å². The van der Waals surface area contributed by atoms with Gasteiger partial charge < -0.3 is 10.2 Å². The van der Waals surface area contributed by atoms with E-state index < -0.39 is 17.6 Å². The number of benzene rings is 1. The summed E-state index contributed by atoms with van der Waals surface area (Å²) in [6.07, 6.45) is 5.74. The van der Waals surface area contributed by atoms with E-state index in [4.69, 9.17) is 0 Å². The number of aromatic nitrogens is 3. The molecule has 33 heavy (non-hydrogen) atoms. The lowest BCUT2D eigenvalue weighted by molar-refractivity contribution is -0.137. The molecule has 2 aliphatic rings. The number of rotatable bonds is 5. The Labute approximate surface area is 188 Å². The second-order valence-electron chi connectivity index (χ2n) is 8.56. The van der Waals surface area contributed by atoms with Gasteiger partial charge in [0.2, 0.25) is 0 Å². The number of hydrogen-bond donors (Lipinski definition) is 1. The van der Waals surface area contributed by atoms with Crippen molar-refractivity contribution < 1.29 is 18.0 Å². The van der Waals surface area contributed by atoms with E-state index in [-0.39, 0.29) is 11.6 Å². The topological polar surface area (TPSA) is 71.0 Å². The normalized spacial score (nSPS) is 18.4. The van der Waals surface area contributed by atoms with Crippen LogP contribution >= 0.6 is 0 Å². The highest BCUT2D eigenvalue weighted by molar-refractivity contribution is 6.04. The number of pyridine rings is 1. The van der Waals surface area contributed by atoms with Crippen molar-refractivity contribution in [1.29, 1.82) is 0 Å². The van der Waals surface area contributed by atoms with Gasteiger partial charge in [0.05, 0.1) is 35.5 Å². The van der Waals surface area contributed by atoms with E-state index in [1.54, 1.807) is 18.5 Å². The lowest BCUT2D eigenvalue weighted by Gasteiger charge is -2.20. The van der Waals surface area contributed by atoms with Crippen LogP contribution in [0.4, 0.5) is 24.5 Å². The molecule has 5 rings (SSSR count). The minimum absolute atomic E-state index is 0.0127. The highest BCUT2D eigenvalue weighted by Crippen LogP contribution is 2.45. The van der Waals surface area contributed by atoms with Gasteiger partial charge in [0.1, 0.15) is 6.33 Å². The third-order valence-corrected chi connectivity index (χ3v) is 6.23. The molecule has 0 radical (unpaired) electrons. The second-order valence-corrected chi connectivity index (χ2v) is 8.56. The van der Waals surface area contributed by atoms with Crippen molar-refractivity contribution in [2.75, 3.05) is 23.3 Å². The van der Waals surface area contributed by atoms with Crippen LogP contribution in [0, 0.1) is 0 Å². The Balaban J connectivity index is 1.38. The number of hydrogen-bond acceptors (Lipinski definition) is 5. The molecule has 6 nitrogen and oxygen atoms in total. The van der Waals surface area contributed by atoms with E-state index in [2.05, 4.69) is 25.2 Å². The molecule has 1 aliphatic carbocycles. The second kappa shape index (κ2) is 8.46. The molecule has 1 unspecified atom stereocenters. The lowest BCUT2D eigenvalue weighted by atomic mass is 9.89. The molecule has 1 saturated heterocycles. The molecule has 3 aromatic rings. The van der Waals surface area contributed by atoms with Crippen molar-refractivity contribution in [3.05, 3.63) is 77.6 Å². The lowest BCUT2D eigenvalue weighted by Crippen LogP contribution is -2.20. The van der Waals surface area contributed by atoms with Crippen molar-refractivity contribution in [2.24, 2.45) is 0 Å². The number of nitrogens with one attached hydrogen (secondary N) is 1. The van der Waals surface area contributed by atoms with Crippen molar-refractivity contribution >= 4 is 17.3 Å². The zero-order valence-corrected chi connectivity index (χ0v) is 17.7. The number of amides is 1. The maximum atomic E-state index is 13.0. The third kappa shape index (κ3) is 4.67. The molecule has 1 amide bonds. The molecule has 9 heteroatoms. The number of carbonyl (C=O) groups excluding carboxylic acids is 1. The number of anilines is 2. The van der Waals surface area contributed by atoms with E-state index in [0.717, 1.165) is 55.9 Å². The fourth-order valence-electron chi connectivity index (χ4n) is 4.41. The summed E-state index contributed by atoms with van der Waals surface area (Å²) in [6.45, 7) is 1.67. The fourth-order valence-corrected chi connectivity index (χ4v) is 4.41. The number of carbonyl (C=O) groups is 1. The van der Waals surface area contributed by atoms with Crippen LogP contribution in [0.2, 0.25) is 0 Å². The van der Waals surface area contributed by atoms with Crippen molar-refractivity contribution in [1.82, 2.24) is 15.0 Å². The zero-order chi connectivity index (χ0) is 23.0. The first-order valence-corrected chi connectivity index (χ1v) is 10.9. The minimum atomic E-state index is -4.52. The summed E-state index contributed by atoms with van der Waals surface area (Å²) in [5.74, 6) is 0.314. The minimum Gasteiger partial charge on any atom is -0.368 e. The van der Waals surface area contributed by atoms with Crippen LogP contribution in [0.3, 0.4) is 0 Å². The summed E-state index contributed by atoms with van der Waals surface area (Å²) in [4.78, 5) is 26.9. The summed E-state index contributed by atoms with van der Waals surface area (Å²) in [5, 5.41) is 2.56. The quantitative estimate of drug-likeness (QED) is 0.588. The molecule has 1 aliphatic heterocycles. The molecular weight excluding hydrogens is 431 g/mol. The fraction of sp³-hybridized carbons (Fsp3) is 0.333. The Kier molecular flexibility index (Phi) is 5.47. The molecule has 170 valence electrons. The molecule has 2 fully saturated rings. The largest absolute Gasteiger partial charge is 0.417 e. The average molecular weight is 453 g/mol. The average Bonchev–Trinajstić information content (AvgIpc) is 3.54. The summed E-state index contributed by atoms with van der Waals surface area (Å²) in [5.41, 5.74) is 2.92.